The van der Waals surface area contributed by atoms with E-state index in [1.54, 1.807) is 0 Å². The Balaban J connectivity index is 1.80. The Morgan fingerprint density at radius 2 is 2.21 bits per heavy atom. The fourth-order valence-corrected chi connectivity index (χ4v) is 3.61. The van der Waals surface area contributed by atoms with Crippen molar-refractivity contribution >= 4 is 29.5 Å². The molecule has 1 aromatic heterocycles. The molecule has 0 radical (unpaired) electrons. The van der Waals surface area contributed by atoms with Crippen LogP contribution in [-0.4, -0.2) is 42.6 Å². The summed E-state index contributed by atoms with van der Waals surface area (Å²) in [5, 5.41) is 18.1. The van der Waals surface area contributed by atoms with Gasteiger partial charge in [-0.2, -0.15) is 11.8 Å². The summed E-state index contributed by atoms with van der Waals surface area (Å²) in [6, 6.07) is 0. The minimum atomic E-state index is -0.807. The molecular formula is C12H17N3O2S2. The van der Waals surface area contributed by atoms with Crippen LogP contribution in [-0.2, 0) is 11.3 Å². The Hall–Kier alpha value is -0.690. The Kier molecular flexibility index (Phi) is 3.51. The maximum Gasteiger partial charge on any atom is 0.313 e. The van der Waals surface area contributed by atoms with Crippen molar-refractivity contribution in [1.29, 1.82) is 0 Å². The van der Waals surface area contributed by atoms with Gasteiger partial charge >= 0.3 is 5.97 Å². The molecule has 0 bridgehead atoms. The first-order chi connectivity index (χ1) is 9.13. The zero-order valence-corrected chi connectivity index (χ0v) is 12.5. The number of hydrogen-bond donors (Lipinski definition) is 1. The van der Waals surface area contributed by atoms with Crippen molar-refractivity contribution in [3.05, 3.63) is 5.82 Å². The molecule has 0 saturated heterocycles. The number of aromatic nitrogens is 3. The van der Waals surface area contributed by atoms with Gasteiger partial charge in [-0.15, -0.1) is 10.2 Å². The molecule has 1 N–H and O–H groups in total. The van der Waals surface area contributed by atoms with Crippen molar-refractivity contribution in [2.75, 3.05) is 12.0 Å². The zero-order chi connectivity index (χ0) is 13.5. The number of carboxylic acids is 1. The van der Waals surface area contributed by atoms with E-state index in [0.717, 1.165) is 17.5 Å². The second-order valence-electron chi connectivity index (χ2n) is 5.27. The minimum absolute atomic E-state index is 0.0507. The van der Waals surface area contributed by atoms with E-state index in [4.69, 9.17) is 5.11 Å². The number of rotatable bonds is 7. The molecule has 2 saturated carbocycles. The first-order valence-electron chi connectivity index (χ1n) is 6.46. The van der Waals surface area contributed by atoms with E-state index in [-0.39, 0.29) is 5.75 Å². The van der Waals surface area contributed by atoms with E-state index in [9.17, 15) is 4.79 Å². The van der Waals surface area contributed by atoms with Gasteiger partial charge in [-0.25, -0.2) is 0 Å². The van der Waals surface area contributed by atoms with E-state index < -0.39 is 5.97 Å². The van der Waals surface area contributed by atoms with Gasteiger partial charge in [-0.05, 0) is 31.9 Å². The summed E-state index contributed by atoms with van der Waals surface area (Å²) in [4.78, 5) is 10.7. The van der Waals surface area contributed by atoms with Gasteiger partial charge in [0.1, 0.15) is 5.82 Å². The lowest BCUT2D eigenvalue weighted by Gasteiger charge is -2.16. The molecule has 0 unspecified atom stereocenters. The monoisotopic (exact) mass is 299 g/mol. The molecule has 0 atom stereocenters. The Morgan fingerprint density at radius 3 is 2.74 bits per heavy atom. The van der Waals surface area contributed by atoms with Gasteiger partial charge in [0, 0.05) is 17.2 Å². The molecule has 2 aliphatic carbocycles. The van der Waals surface area contributed by atoms with Gasteiger partial charge in [0.05, 0.1) is 5.75 Å². The predicted octanol–water partition coefficient (Wildman–Crippen LogP) is 2.23. The van der Waals surface area contributed by atoms with Crippen LogP contribution in [0.3, 0.4) is 0 Å². The SMILES string of the molecule is CSC1(Cn2c(SCC(=O)O)nnc2C2CC2)CC1. The maximum atomic E-state index is 10.7. The highest BCUT2D eigenvalue weighted by Gasteiger charge is 2.44. The number of aliphatic carboxylic acids is 1. The fraction of sp³-hybridized carbons (Fsp3) is 0.750. The molecule has 1 heterocycles. The molecule has 2 fully saturated rings. The van der Waals surface area contributed by atoms with Crippen molar-refractivity contribution in [2.24, 2.45) is 0 Å². The van der Waals surface area contributed by atoms with Crippen molar-refractivity contribution in [1.82, 2.24) is 14.8 Å². The molecule has 2 aliphatic rings. The molecular weight excluding hydrogens is 282 g/mol. The highest BCUT2D eigenvalue weighted by molar-refractivity contribution is 8.00. The molecule has 0 spiro atoms. The first-order valence-corrected chi connectivity index (χ1v) is 8.67. The first kappa shape index (κ1) is 13.3. The zero-order valence-electron chi connectivity index (χ0n) is 10.8. The molecule has 0 aliphatic heterocycles. The van der Waals surface area contributed by atoms with E-state index in [1.165, 1.54) is 37.4 Å². The molecule has 19 heavy (non-hydrogen) atoms. The predicted molar refractivity (Wildman–Crippen MR) is 75.8 cm³/mol. The van der Waals surface area contributed by atoms with Crippen molar-refractivity contribution in [2.45, 2.75) is 48.0 Å². The number of carbonyl (C=O) groups is 1. The normalized spacial score (nSPS) is 20.5. The number of carboxylic acid groups (broad SMARTS) is 1. The van der Waals surface area contributed by atoms with Crippen molar-refractivity contribution in [3.63, 3.8) is 0 Å². The van der Waals surface area contributed by atoms with Crippen LogP contribution in [0.2, 0.25) is 0 Å². The lowest BCUT2D eigenvalue weighted by molar-refractivity contribution is -0.133. The topological polar surface area (TPSA) is 68.0 Å². The molecule has 1 aromatic rings. The Morgan fingerprint density at radius 1 is 1.47 bits per heavy atom. The molecule has 3 rings (SSSR count). The third-order valence-corrected chi connectivity index (χ3v) is 6.05. The summed E-state index contributed by atoms with van der Waals surface area (Å²) in [6.07, 6.45) is 7.00. The van der Waals surface area contributed by atoms with E-state index in [2.05, 4.69) is 21.0 Å². The summed E-state index contributed by atoms with van der Waals surface area (Å²) in [5.74, 6) is 0.853. The molecule has 5 nitrogen and oxygen atoms in total. The average Bonchev–Trinajstić information content (AvgIpc) is 3.28. The third-order valence-electron chi connectivity index (χ3n) is 3.70. The van der Waals surface area contributed by atoms with Crippen LogP contribution in [0, 0.1) is 0 Å². The van der Waals surface area contributed by atoms with Crippen LogP contribution in [0.1, 0.15) is 37.4 Å². The summed E-state index contributed by atoms with van der Waals surface area (Å²) in [5.41, 5.74) is 0. The summed E-state index contributed by atoms with van der Waals surface area (Å²) in [6.45, 7) is 0.926. The minimum Gasteiger partial charge on any atom is -0.481 e. The standard InChI is InChI=1S/C12H17N3O2S2/c1-18-12(4-5-12)7-15-10(8-2-3-8)13-14-11(15)19-6-9(16)17/h8H,2-7H2,1H3,(H,16,17). The molecule has 0 amide bonds. The van der Waals surface area contributed by atoms with Gasteiger partial charge in [-0.3, -0.25) is 4.79 Å². The smallest absolute Gasteiger partial charge is 0.313 e. The largest absolute Gasteiger partial charge is 0.481 e. The number of nitrogens with zero attached hydrogens (tertiary/aromatic N) is 3. The molecule has 104 valence electrons. The highest BCUT2D eigenvalue weighted by atomic mass is 32.2. The van der Waals surface area contributed by atoms with Crippen LogP contribution in [0.15, 0.2) is 5.16 Å². The third kappa shape index (κ3) is 2.91. The van der Waals surface area contributed by atoms with Crippen LogP contribution in [0.4, 0.5) is 0 Å². The highest BCUT2D eigenvalue weighted by Crippen LogP contribution is 2.50. The van der Waals surface area contributed by atoms with Gasteiger partial charge in [0.25, 0.3) is 0 Å². The van der Waals surface area contributed by atoms with Crippen LogP contribution in [0.25, 0.3) is 0 Å². The van der Waals surface area contributed by atoms with E-state index in [0.29, 0.717) is 10.7 Å². The van der Waals surface area contributed by atoms with Crippen molar-refractivity contribution in [3.8, 4) is 0 Å². The number of hydrogen-bond acceptors (Lipinski definition) is 5. The van der Waals surface area contributed by atoms with E-state index in [1.807, 2.05) is 11.8 Å². The Bertz CT molecular complexity index is 495. The second kappa shape index (κ2) is 5.01. The summed E-state index contributed by atoms with van der Waals surface area (Å²) >= 11 is 3.19. The molecule has 7 heteroatoms. The summed E-state index contributed by atoms with van der Waals surface area (Å²) < 4.78 is 2.51. The van der Waals surface area contributed by atoms with Crippen LogP contribution < -0.4 is 0 Å². The quantitative estimate of drug-likeness (QED) is 0.779. The van der Waals surface area contributed by atoms with Crippen LogP contribution in [0.5, 0.6) is 0 Å². The number of thioether (sulfide) groups is 2. The van der Waals surface area contributed by atoms with Gasteiger partial charge in [0.2, 0.25) is 0 Å². The van der Waals surface area contributed by atoms with Gasteiger partial charge in [0.15, 0.2) is 5.16 Å². The fourth-order valence-electron chi connectivity index (χ4n) is 2.18. The molecule has 0 aromatic carbocycles. The Labute approximate surface area is 120 Å². The summed E-state index contributed by atoms with van der Waals surface area (Å²) in [7, 11) is 0. The van der Waals surface area contributed by atoms with E-state index >= 15 is 0 Å². The van der Waals surface area contributed by atoms with Crippen molar-refractivity contribution < 1.29 is 9.90 Å². The lowest BCUT2D eigenvalue weighted by atomic mass is 10.3. The van der Waals surface area contributed by atoms with Gasteiger partial charge in [-0.1, -0.05) is 11.8 Å². The lowest BCUT2D eigenvalue weighted by Crippen LogP contribution is -2.17. The maximum absolute atomic E-state index is 10.7. The average molecular weight is 299 g/mol. The van der Waals surface area contributed by atoms with Crippen LogP contribution >= 0.6 is 23.5 Å². The van der Waals surface area contributed by atoms with Gasteiger partial charge < -0.3 is 9.67 Å². The second-order valence-corrected chi connectivity index (χ2v) is 7.49.